The van der Waals surface area contributed by atoms with Crippen LogP contribution in [0.15, 0.2) is 41.2 Å². The molecule has 1 heterocycles. The summed E-state index contributed by atoms with van der Waals surface area (Å²) in [7, 11) is 0. The van der Waals surface area contributed by atoms with E-state index in [9.17, 15) is 9.18 Å². The Bertz CT molecular complexity index is 990. The SMILES string of the molecule is C[C@H](N[C@@H](C)c1cc(F)c(Cl)cc1Cl)c1nc2ccccc2c(=O)[nH]1. The van der Waals surface area contributed by atoms with Crippen LogP contribution in [0.25, 0.3) is 10.9 Å². The smallest absolute Gasteiger partial charge is 0.258 e. The van der Waals surface area contributed by atoms with E-state index in [1.54, 1.807) is 18.2 Å². The number of benzene rings is 2. The van der Waals surface area contributed by atoms with E-state index in [4.69, 9.17) is 23.2 Å². The van der Waals surface area contributed by atoms with E-state index in [2.05, 4.69) is 15.3 Å². The first-order valence-corrected chi connectivity index (χ1v) is 8.52. The molecule has 0 spiro atoms. The van der Waals surface area contributed by atoms with Crippen molar-refractivity contribution in [2.24, 2.45) is 0 Å². The summed E-state index contributed by atoms with van der Waals surface area (Å²) >= 11 is 11.9. The molecule has 3 aromatic rings. The highest BCUT2D eigenvalue weighted by Gasteiger charge is 2.18. The summed E-state index contributed by atoms with van der Waals surface area (Å²) in [5.74, 6) is -0.0271. The third-order valence-corrected chi connectivity index (χ3v) is 4.66. The number of aromatic nitrogens is 2. The minimum atomic E-state index is -0.528. The highest BCUT2D eigenvalue weighted by Crippen LogP contribution is 2.29. The monoisotopic (exact) mass is 379 g/mol. The maximum atomic E-state index is 13.7. The number of rotatable bonds is 4. The third kappa shape index (κ3) is 3.68. The number of nitrogens with zero attached hydrogens (tertiary/aromatic N) is 1. The molecule has 0 aliphatic rings. The molecule has 0 fully saturated rings. The number of fused-ring (bicyclic) bond motifs is 1. The summed E-state index contributed by atoms with van der Waals surface area (Å²) < 4.78 is 13.7. The quantitative estimate of drug-likeness (QED) is 0.641. The maximum Gasteiger partial charge on any atom is 0.258 e. The maximum absolute atomic E-state index is 13.7. The van der Waals surface area contributed by atoms with Gasteiger partial charge < -0.3 is 10.3 Å². The lowest BCUT2D eigenvalue weighted by Gasteiger charge is -2.21. The molecular weight excluding hydrogens is 364 g/mol. The van der Waals surface area contributed by atoms with E-state index in [-0.39, 0.29) is 22.7 Å². The van der Waals surface area contributed by atoms with E-state index < -0.39 is 5.82 Å². The van der Waals surface area contributed by atoms with Crippen molar-refractivity contribution >= 4 is 34.1 Å². The Kier molecular flexibility index (Phi) is 5.08. The number of nitrogens with one attached hydrogen (secondary N) is 2. The molecule has 4 nitrogen and oxygen atoms in total. The summed E-state index contributed by atoms with van der Waals surface area (Å²) in [6.07, 6.45) is 0. The molecule has 0 radical (unpaired) electrons. The van der Waals surface area contributed by atoms with E-state index in [1.165, 1.54) is 12.1 Å². The summed E-state index contributed by atoms with van der Waals surface area (Å²) in [4.78, 5) is 19.5. The van der Waals surface area contributed by atoms with Crippen LogP contribution in [0.5, 0.6) is 0 Å². The number of halogens is 3. The van der Waals surface area contributed by atoms with Gasteiger partial charge in [0.15, 0.2) is 0 Å². The number of para-hydroxylation sites is 1. The Morgan fingerprint density at radius 3 is 2.60 bits per heavy atom. The molecule has 2 atom stereocenters. The zero-order valence-corrected chi connectivity index (χ0v) is 15.1. The molecule has 2 aromatic carbocycles. The fourth-order valence-corrected chi connectivity index (χ4v) is 3.27. The summed E-state index contributed by atoms with van der Waals surface area (Å²) in [6, 6.07) is 9.28. The van der Waals surface area contributed by atoms with Crippen LogP contribution in [-0.4, -0.2) is 9.97 Å². The first kappa shape index (κ1) is 17.9. The molecule has 0 bridgehead atoms. The topological polar surface area (TPSA) is 57.8 Å². The van der Waals surface area contributed by atoms with Crippen LogP contribution in [0.2, 0.25) is 10.0 Å². The Hall–Kier alpha value is -1.95. The average Bonchev–Trinajstić information content (AvgIpc) is 2.58. The van der Waals surface area contributed by atoms with Crippen LogP contribution in [0.4, 0.5) is 4.39 Å². The van der Waals surface area contributed by atoms with Gasteiger partial charge in [-0.3, -0.25) is 4.79 Å². The van der Waals surface area contributed by atoms with Crippen molar-refractivity contribution in [1.82, 2.24) is 15.3 Å². The largest absolute Gasteiger partial charge is 0.309 e. The van der Waals surface area contributed by atoms with Gasteiger partial charge in [-0.2, -0.15) is 0 Å². The van der Waals surface area contributed by atoms with Gasteiger partial charge in [0.25, 0.3) is 5.56 Å². The number of hydrogen-bond acceptors (Lipinski definition) is 3. The van der Waals surface area contributed by atoms with Crippen LogP contribution >= 0.6 is 23.2 Å². The minimum Gasteiger partial charge on any atom is -0.309 e. The van der Waals surface area contributed by atoms with Gasteiger partial charge in [0.05, 0.1) is 22.0 Å². The van der Waals surface area contributed by atoms with Gasteiger partial charge in [-0.05, 0) is 43.7 Å². The summed E-state index contributed by atoms with van der Waals surface area (Å²) in [5, 5.41) is 4.16. The van der Waals surface area contributed by atoms with Crippen LogP contribution in [0, 0.1) is 5.82 Å². The Labute approximate surface area is 154 Å². The zero-order valence-electron chi connectivity index (χ0n) is 13.6. The van der Waals surface area contributed by atoms with Gasteiger partial charge in [-0.1, -0.05) is 35.3 Å². The molecule has 0 saturated carbocycles. The van der Waals surface area contributed by atoms with E-state index in [1.807, 2.05) is 19.9 Å². The molecule has 0 aliphatic heterocycles. The molecule has 130 valence electrons. The van der Waals surface area contributed by atoms with Crippen molar-refractivity contribution in [1.29, 1.82) is 0 Å². The second-order valence-corrected chi connectivity index (χ2v) is 6.68. The number of H-pyrrole nitrogens is 1. The second kappa shape index (κ2) is 7.12. The van der Waals surface area contributed by atoms with Crippen molar-refractivity contribution in [2.75, 3.05) is 0 Å². The molecular formula is C18H16Cl2FN3O. The Morgan fingerprint density at radius 2 is 1.84 bits per heavy atom. The first-order chi connectivity index (χ1) is 11.9. The fourth-order valence-electron chi connectivity index (χ4n) is 2.72. The van der Waals surface area contributed by atoms with Crippen LogP contribution < -0.4 is 10.9 Å². The summed E-state index contributed by atoms with van der Waals surface area (Å²) in [5.41, 5.74) is 1.01. The lowest BCUT2D eigenvalue weighted by Crippen LogP contribution is -2.26. The Morgan fingerprint density at radius 1 is 1.12 bits per heavy atom. The number of hydrogen-bond donors (Lipinski definition) is 2. The molecule has 25 heavy (non-hydrogen) atoms. The van der Waals surface area contributed by atoms with Crippen LogP contribution in [0.1, 0.15) is 37.3 Å². The van der Waals surface area contributed by atoms with Crippen molar-refractivity contribution in [2.45, 2.75) is 25.9 Å². The molecule has 2 N–H and O–H groups in total. The lowest BCUT2D eigenvalue weighted by molar-refractivity contribution is 0.475. The molecule has 7 heteroatoms. The predicted octanol–water partition coefficient (Wildman–Crippen LogP) is 4.78. The van der Waals surface area contributed by atoms with E-state index in [0.29, 0.717) is 27.3 Å². The number of aromatic amines is 1. The van der Waals surface area contributed by atoms with Crippen LogP contribution in [-0.2, 0) is 0 Å². The average molecular weight is 380 g/mol. The van der Waals surface area contributed by atoms with Crippen molar-refractivity contribution in [3.63, 3.8) is 0 Å². The fraction of sp³-hybridized carbons (Fsp3) is 0.222. The highest BCUT2D eigenvalue weighted by molar-refractivity contribution is 6.35. The van der Waals surface area contributed by atoms with Gasteiger partial charge in [0, 0.05) is 11.1 Å². The molecule has 0 saturated heterocycles. The first-order valence-electron chi connectivity index (χ1n) is 7.76. The van der Waals surface area contributed by atoms with E-state index in [0.717, 1.165) is 0 Å². The molecule has 1 aromatic heterocycles. The molecule has 0 amide bonds. The van der Waals surface area contributed by atoms with Gasteiger partial charge >= 0.3 is 0 Å². The van der Waals surface area contributed by atoms with Crippen molar-refractivity contribution < 1.29 is 4.39 Å². The minimum absolute atomic E-state index is 0.0190. The van der Waals surface area contributed by atoms with Gasteiger partial charge in [-0.25, -0.2) is 9.37 Å². The summed E-state index contributed by atoms with van der Waals surface area (Å²) in [6.45, 7) is 3.72. The zero-order chi connectivity index (χ0) is 18.1. The van der Waals surface area contributed by atoms with Crippen molar-refractivity contribution in [3.8, 4) is 0 Å². The molecule has 0 unspecified atom stereocenters. The lowest BCUT2D eigenvalue weighted by atomic mass is 10.1. The Balaban J connectivity index is 1.88. The normalized spacial score (nSPS) is 13.8. The van der Waals surface area contributed by atoms with Gasteiger partial charge in [0.1, 0.15) is 11.6 Å². The molecule has 3 rings (SSSR count). The predicted molar refractivity (Wildman–Crippen MR) is 98.7 cm³/mol. The second-order valence-electron chi connectivity index (χ2n) is 5.87. The van der Waals surface area contributed by atoms with Crippen LogP contribution in [0.3, 0.4) is 0 Å². The third-order valence-electron chi connectivity index (χ3n) is 4.05. The van der Waals surface area contributed by atoms with Crippen molar-refractivity contribution in [3.05, 3.63) is 74.0 Å². The van der Waals surface area contributed by atoms with Gasteiger partial charge in [0.2, 0.25) is 0 Å². The molecule has 0 aliphatic carbocycles. The van der Waals surface area contributed by atoms with Gasteiger partial charge in [-0.15, -0.1) is 0 Å². The standard InChI is InChI=1S/C18H16Cl2FN3O/c1-9(12-7-15(21)14(20)8-13(12)19)22-10(2)17-23-16-6-4-3-5-11(16)18(25)24-17/h3-10,22H,1-2H3,(H,23,24,25)/t9-,10-/m0/s1. The highest BCUT2D eigenvalue weighted by atomic mass is 35.5. The van der Waals surface area contributed by atoms with E-state index >= 15 is 0 Å².